The molecule has 0 radical (unpaired) electrons. The van der Waals surface area contributed by atoms with E-state index < -0.39 is 94.4 Å². The van der Waals surface area contributed by atoms with Crippen LogP contribution in [0.2, 0.25) is 0 Å². The number of rotatable bonds is 21. The number of ether oxygens (including phenoxy) is 1. The Kier molecular flexibility index (Phi) is 15.6. The van der Waals surface area contributed by atoms with Crippen LogP contribution < -0.4 is 16.4 Å². The number of amides is 2. The standard InChI is InChI=1S/C29H42N7O18P3S/c1-29(2,24(39)27(40)32-12-10-20(37)31-11-6-7-13-58(48,49)18-8-4-3-5-9-18)15-51-57(46,47)54-56(44,45)50-14-19-23(53-55(41,42)43)22(38)28(52-19)36-17-35-21-25(30)33-16-34-26(21)36/h3-5,7-9,13,16-17,19,22-24,28,38-39H,6,10-12,14-15H2,1-2H3,(H,31,37)(H,32,40)(H,44,45)(H,46,47)(H2,30,33,34)(H2,41,42,43)/b13-7+/t19-,22-,23-,24+,28-/m1/s1. The molecule has 1 aliphatic rings. The van der Waals surface area contributed by atoms with Crippen molar-refractivity contribution in [1.82, 2.24) is 30.2 Å². The summed E-state index contributed by atoms with van der Waals surface area (Å²) in [7, 11) is -20.1. The number of aliphatic hydroxyl groups is 2. The first kappa shape index (κ1) is 47.1. The van der Waals surface area contributed by atoms with E-state index in [9.17, 15) is 61.5 Å². The Bertz CT molecular complexity index is 2210. The van der Waals surface area contributed by atoms with Gasteiger partial charge in [0.1, 0.15) is 36.3 Å². The van der Waals surface area contributed by atoms with Gasteiger partial charge >= 0.3 is 23.5 Å². The van der Waals surface area contributed by atoms with E-state index in [0.717, 1.165) is 22.6 Å². The zero-order chi connectivity index (χ0) is 43.1. The number of aromatic nitrogens is 4. The molecule has 1 aliphatic heterocycles. The molecule has 322 valence electrons. The van der Waals surface area contributed by atoms with Crippen LogP contribution in [0.25, 0.3) is 11.2 Å². The molecular formula is C29H42N7O18P3S. The molecule has 4 rings (SSSR count). The van der Waals surface area contributed by atoms with Gasteiger partial charge in [-0.25, -0.2) is 37.1 Å². The average Bonchev–Trinajstić information content (AvgIpc) is 3.69. The van der Waals surface area contributed by atoms with E-state index in [-0.39, 0.29) is 47.8 Å². The lowest BCUT2D eigenvalue weighted by Crippen LogP contribution is -2.46. The lowest BCUT2D eigenvalue weighted by molar-refractivity contribution is -0.137. The van der Waals surface area contributed by atoms with Crippen molar-refractivity contribution in [2.24, 2.45) is 5.41 Å². The highest BCUT2D eigenvalue weighted by atomic mass is 32.2. The first-order chi connectivity index (χ1) is 26.9. The van der Waals surface area contributed by atoms with Crippen LogP contribution in [0.4, 0.5) is 5.82 Å². The van der Waals surface area contributed by atoms with Gasteiger partial charge < -0.3 is 50.9 Å². The number of nitrogens with one attached hydrogen (secondary N) is 2. The van der Waals surface area contributed by atoms with E-state index in [1.165, 1.54) is 32.1 Å². The minimum Gasteiger partial charge on any atom is -0.386 e. The number of benzene rings is 1. The first-order valence-electron chi connectivity index (χ1n) is 16.8. The van der Waals surface area contributed by atoms with Crippen LogP contribution in [0.5, 0.6) is 0 Å². The van der Waals surface area contributed by atoms with E-state index in [0.29, 0.717) is 0 Å². The molecule has 3 aromatic rings. The van der Waals surface area contributed by atoms with Gasteiger partial charge in [-0.05, 0) is 18.6 Å². The monoisotopic (exact) mass is 901 g/mol. The van der Waals surface area contributed by atoms with Crippen molar-refractivity contribution in [1.29, 1.82) is 0 Å². The third-order valence-electron chi connectivity index (χ3n) is 8.06. The number of nitrogens with two attached hydrogens (primary N) is 1. The first-order valence-corrected chi connectivity index (χ1v) is 22.8. The number of hydrogen-bond acceptors (Lipinski definition) is 18. The number of imidazole rings is 1. The smallest absolute Gasteiger partial charge is 0.386 e. The molecule has 7 atom stereocenters. The maximum absolute atomic E-state index is 12.7. The van der Waals surface area contributed by atoms with E-state index >= 15 is 0 Å². The average molecular weight is 902 g/mol. The van der Waals surface area contributed by atoms with E-state index in [1.807, 2.05) is 0 Å². The second-order valence-corrected chi connectivity index (χ2v) is 19.2. The van der Waals surface area contributed by atoms with Crippen LogP contribution in [0.1, 0.15) is 32.9 Å². The number of carbonyl (C=O) groups is 2. The van der Waals surface area contributed by atoms with Gasteiger partial charge in [-0.2, -0.15) is 4.31 Å². The van der Waals surface area contributed by atoms with Crippen LogP contribution in [0, 0.1) is 5.41 Å². The van der Waals surface area contributed by atoms with Gasteiger partial charge in [-0.15, -0.1) is 0 Å². The number of anilines is 1. The van der Waals surface area contributed by atoms with Crippen molar-refractivity contribution >= 4 is 62.1 Å². The van der Waals surface area contributed by atoms with Gasteiger partial charge in [0.05, 0.1) is 24.4 Å². The minimum atomic E-state index is -5.59. The quantitative estimate of drug-likeness (QED) is 0.0493. The molecule has 0 aliphatic carbocycles. The molecule has 1 saturated heterocycles. The maximum atomic E-state index is 12.7. The molecule has 1 aromatic carbocycles. The van der Waals surface area contributed by atoms with Gasteiger partial charge in [0.15, 0.2) is 27.5 Å². The van der Waals surface area contributed by atoms with Gasteiger partial charge in [-0.1, -0.05) is 38.1 Å². The highest BCUT2D eigenvalue weighted by Gasteiger charge is 2.50. The molecule has 2 unspecified atom stereocenters. The van der Waals surface area contributed by atoms with Crippen molar-refractivity contribution in [2.75, 3.05) is 32.0 Å². The number of nitrogen functional groups attached to an aromatic ring is 1. The normalized spacial score (nSPS) is 21.7. The van der Waals surface area contributed by atoms with Gasteiger partial charge in [0.2, 0.25) is 11.8 Å². The summed E-state index contributed by atoms with van der Waals surface area (Å²) >= 11 is 0. The Morgan fingerprint density at radius 2 is 1.71 bits per heavy atom. The van der Waals surface area contributed by atoms with Gasteiger partial charge in [0.25, 0.3) is 0 Å². The fourth-order valence-electron chi connectivity index (χ4n) is 5.12. The summed E-state index contributed by atoms with van der Waals surface area (Å²) in [5, 5.41) is 27.3. The van der Waals surface area contributed by atoms with Crippen LogP contribution >= 0.6 is 23.5 Å². The minimum absolute atomic E-state index is 0.0224. The zero-order valence-corrected chi connectivity index (χ0v) is 34.0. The third kappa shape index (κ3) is 13.2. The fraction of sp³-hybridized carbons (Fsp3) is 0.483. The molecular weight excluding hydrogens is 859 g/mol. The third-order valence-corrected chi connectivity index (χ3v) is 12.6. The molecule has 0 saturated carbocycles. The van der Waals surface area contributed by atoms with E-state index in [2.05, 4.69) is 34.4 Å². The topological polar surface area (TPSA) is 381 Å². The van der Waals surface area contributed by atoms with Crippen molar-refractivity contribution in [3.8, 4) is 0 Å². The van der Waals surface area contributed by atoms with Gasteiger partial charge in [-0.3, -0.25) is 27.7 Å². The summed E-state index contributed by atoms with van der Waals surface area (Å²) in [5.41, 5.74) is 4.22. The lowest BCUT2D eigenvalue weighted by Gasteiger charge is -2.30. The molecule has 3 heterocycles. The number of sulfone groups is 1. The van der Waals surface area contributed by atoms with Crippen molar-refractivity contribution < 1.29 is 84.1 Å². The highest BCUT2D eigenvalue weighted by Crippen LogP contribution is 2.61. The second-order valence-electron chi connectivity index (χ2n) is 13.1. The number of phosphoric ester groups is 3. The van der Waals surface area contributed by atoms with Crippen molar-refractivity contribution in [3.63, 3.8) is 0 Å². The van der Waals surface area contributed by atoms with Crippen LogP contribution in [0.15, 0.2) is 59.4 Å². The molecule has 58 heavy (non-hydrogen) atoms. The zero-order valence-electron chi connectivity index (χ0n) is 30.5. The summed E-state index contributed by atoms with van der Waals surface area (Å²) in [6.07, 6.45) is -5.49. The maximum Gasteiger partial charge on any atom is 0.481 e. The second kappa shape index (κ2) is 19.2. The highest BCUT2D eigenvalue weighted by molar-refractivity contribution is 7.94. The summed E-state index contributed by atoms with van der Waals surface area (Å²) in [5.74, 6) is -1.56. The molecule has 0 bridgehead atoms. The Morgan fingerprint density at radius 3 is 2.38 bits per heavy atom. The van der Waals surface area contributed by atoms with E-state index in [1.54, 1.807) is 18.2 Å². The fourth-order valence-corrected chi connectivity index (χ4v) is 9.03. The van der Waals surface area contributed by atoms with E-state index in [4.69, 9.17) is 19.5 Å². The number of fused-ring (bicyclic) bond motifs is 1. The van der Waals surface area contributed by atoms with Crippen LogP contribution in [-0.2, 0) is 55.7 Å². The molecule has 29 heteroatoms. The Morgan fingerprint density at radius 1 is 1.03 bits per heavy atom. The molecule has 10 N–H and O–H groups in total. The number of phosphoric acid groups is 3. The summed E-state index contributed by atoms with van der Waals surface area (Å²) in [6, 6.07) is 7.73. The summed E-state index contributed by atoms with van der Waals surface area (Å²) < 4.78 is 86.6. The van der Waals surface area contributed by atoms with Gasteiger partial charge in [0, 0.05) is 30.3 Å². The molecule has 25 nitrogen and oxygen atoms in total. The Balaban J connectivity index is 1.23. The van der Waals surface area contributed by atoms with Crippen molar-refractivity contribution in [3.05, 3.63) is 54.5 Å². The van der Waals surface area contributed by atoms with Crippen LogP contribution in [0.3, 0.4) is 0 Å². The number of carbonyl (C=O) groups excluding carboxylic acids is 2. The number of hydrogen-bond donors (Lipinski definition) is 9. The van der Waals surface area contributed by atoms with Crippen molar-refractivity contribution in [2.45, 2.75) is 62.2 Å². The SMILES string of the molecule is CC(C)(COP(=O)(O)OP(=O)(O)OC[C@H]1O[C@@H](n2cnc3c(N)ncnc32)[C@H](O)[C@@H]1OP(=O)(O)O)[C@@H](O)C(=O)NCCC(=O)NCC/C=C/S(=O)(=O)c1ccccc1. The molecule has 0 spiro atoms. The largest absolute Gasteiger partial charge is 0.481 e. The predicted octanol–water partition coefficient (Wildman–Crippen LogP) is -0.217. The number of aliphatic hydroxyl groups excluding tert-OH is 2. The van der Waals surface area contributed by atoms with Crippen LogP contribution in [-0.4, -0.2) is 120 Å². The molecule has 2 amide bonds. The Labute approximate surface area is 329 Å². The lowest BCUT2D eigenvalue weighted by atomic mass is 9.87. The molecule has 2 aromatic heterocycles. The number of nitrogens with zero attached hydrogens (tertiary/aromatic N) is 4. The molecule has 1 fully saturated rings. The summed E-state index contributed by atoms with van der Waals surface area (Å²) in [6.45, 7) is 0.259. The Hall–Kier alpha value is -3.55. The predicted molar refractivity (Wildman–Crippen MR) is 197 cm³/mol. The summed E-state index contributed by atoms with van der Waals surface area (Å²) in [4.78, 5) is 75.8.